The molecule has 2 radical (unpaired) electrons. The summed E-state index contributed by atoms with van der Waals surface area (Å²) in [7, 11) is 0. The van der Waals surface area contributed by atoms with Crippen LogP contribution in [0.25, 0.3) is 0 Å². The minimum absolute atomic E-state index is 0.169. The number of benzene rings is 1. The molecule has 0 bridgehead atoms. The first-order valence-corrected chi connectivity index (χ1v) is 3.16. The molecule has 1 aromatic carbocycles. The molecule has 62 valence electrons. The highest BCUT2D eigenvalue weighted by atomic mass is 19.4. The predicted octanol–water partition coefficient (Wildman–Crippen LogP) is 2.64. The Kier molecular flexibility index (Phi) is 1.26. The van der Waals surface area contributed by atoms with Crippen LogP contribution >= 0.6 is 0 Å². The monoisotopic (exact) mass is 174 g/mol. The Hall–Kier alpha value is -1.06. The van der Waals surface area contributed by atoms with Gasteiger partial charge in [-0.1, -0.05) is 0 Å². The average molecular weight is 174 g/mol. The summed E-state index contributed by atoms with van der Waals surface area (Å²) in [5.41, 5.74) is -0.561. The molecule has 12 heavy (non-hydrogen) atoms. The zero-order valence-corrected chi connectivity index (χ0v) is 5.67. The van der Waals surface area contributed by atoms with Crippen molar-refractivity contribution < 1.29 is 17.6 Å². The second-order valence-electron chi connectivity index (χ2n) is 2.50. The predicted molar refractivity (Wildman–Crippen MR) is 32.8 cm³/mol. The summed E-state index contributed by atoms with van der Waals surface area (Å²) in [5.74, 6) is -0.847. The zero-order chi connectivity index (χ0) is 8.93. The maximum absolute atomic E-state index is 12.6. The van der Waals surface area contributed by atoms with Gasteiger partial charge in [-0.05, 0) is 17.7 Å². The van der Waals surface area contributed by atoms with E-state index in [1.165, 1.54) is 0 Å². The fraction of sp³-hybridized carbons (Fsp3) is 0.125. The van der Waals surface area contributed by atoms with Gasteiger partial charge >= 0.3 is 6.18 Å². The van der Waals surface area contributed by atoms with Crippen molar-refractivity contribution in [1.82, 2.24) is 0 Å². The number of alkyl halides is 3. The van der Waals surface area contributed by atoms with Crippen LogP contribution in [0.4, 0.5) is 17.6 Å². The fourth-order valence-electron chi connectivity index (χ4n) is 0.970. The molecule has 0 heterocycles. The van der Waals surface area contributed by atoms with E-state index >= 15 is 0 Å². The molecule has 0 unspecified atom stereocenters. The highest BCUT2D eigenvalue weighted by molar-refractivity contribution is 5.60. The van der Waals surface area contributed by atoms with Crippen molar-refractivity contribution in [3.8, 4) is 0 Å². The minimum Gasteiger partial charge on any atom is -0.207 e. The summed E-state index contributed by atoms with van der Waals surface area (Å²) in [6, 6.07) is 1.37. The standard InChI is InChI=1S/C8H2F4/c9-7-3-5(8(10,11)12)1-4-2-6(4)7/h1,3H. The summed E-state index contributed by atoms with van der Waals surface area (Å²) < 4.78 is 48.5. The van der Waals surface area contributed by atoms with E-state index < -0.39 is 17.6 Å². The minimum atomic E-state index is -4.47. The highest BCUT2D eigenvalue weighted by Crippen LogP contribution is 2.39. The quantitative estimate of drug-likeness (QED) is 0.538. The van der Waals surface area contributed by atoms with Gasteiger partial charge in [0, 0.05) is 5.56 Å². The molecule has 0 nitrogen and oxygen atoms in total. The molecule has 0 aromatic heterocycles. The lowest BCUT2D eigenvalue weighted by Crippen LogP contribution is -2.04. The Labute approximate surface area is 65.8 Å². The maximum atomic E-state index is 12.6. The average Bonchev–Trinajstić information content (AvgIpc) is 2.63. The topological polar surface area (TPSA) is 0 Å². The lowest BCUT2D eigenvalue weighted by atomic mass is 10.2. The molecular weight excluding hydrogens is 172 g/mol. The molecule has 0 amide bonds. The molecule has 0 atom stereocenters. The van der Waals surface area contributed by atoms with E-state index in [0.29, 0.717) is 6.07 Å². The second-order valence-corrected chi connectivity index (χ2v) is 2.50. The Morgan fingerprint density at radius 1 is 1.17 bits per heavy atom. The molecule has 4 heteroatoms. The summed E-state index contributed by atoms with van der Waals surface area (Å²) in [6.07, 6.45) is -2.08. The molecule has 0 spiro atoms. The van der Waals surface area contributed by atoms with Crippen LogP contribution in [-0.4, -0.2) is 0 Å². The van der Waals surface area contributed by atoms with Gasteiger partial charge in [-0.15, -0.1) is 0 Å². The lowest BCUT2D eigenvalue weighted by Gasteiger charge is -2.04. The fourth-order valence-corrected chi connectivity index (χ4v) is 0.970. The summed E-state index contributed by atoms with van der Waals surface area (Å²) in [4.78, 5) is 0. The van der Waals surface area contributed by atoms with Gasteiger partial charge < -0.3 is 0 Å². The second kappa shape index (κ2) is 2.00. The van der Waals surface area contributed by atoms with Crippen LogP contribution < -0.4 is 0 Å². The third-order valence-corrected chi connectivity index (χ3v) is 1.61. The Bertz CT molecular complexity index is 338. The lowest BCUT2D eigenvalue weighted by molar-refractivity contribution is -0.137. The van der Waals surface area contributed by atoms with Crippen LogP contribution in [0.15, 0.2) is 12.1 Å². The normalized spacial score (nSPS) is 14.3. The molecule has 0 saturated carbocycles. The van der Waals surface area contributed by atoms with E-state index in [0.717, 1.165) is 6.07 Å². The summed E-state index contributed by atoms with van der Waals surface area (Å²) in [5, 5.41) is 0. The number of rotatable bonds is 0. The number of hydrogen-bond donors (Lipinski definition) is 0. The van der Waals surface area contributed by atoms with Crippen LogP contribution in [-0.2, 0) is 6.18 Å². The van der Waals surface area contributed by atoms with Crippen molar-refractivity contribution in [3.05, 3.63) is 41.1 Å². The van der Waals surface area contributed by atoms with Crippen molar-refractivity contribution in [1.29, 1.82) is 0 Å². The van der Waals surface area contributed by atoms with Crippen LogP contribution in [0, 0.1) is 12.2 Å². The molecule has 1 aliphatic rings. The Morgan fingerprint density at radius 2 is 1.83 bits per heavy atom. The van der Waals surface area contributed by atoms with E-state index in [1.54, 1.807) is 0 Å². The van der Waals surface area contributed by atoms with E-state index in [4.69, 9.17) is 0 Å². The Balaban J connectivity index is 2.49. The first-order valence-electron chi connectivity index (χ1n) is 3.16. The Morgan fingerprint density at radius 3 is 2.33 bits per heavy atom. The van der Waals surface area contributed by atoms with Crippen molar-refractivity contribution in [2.45, 2.75) is 6.18 Å². The zero-order valence-electron chi connectivity index (χ0n) is 5.67. The third kappa shape index (κ3) is 1.07. The van der Waals surface area contributed by atoms with Crippen molar-refractivity contribution in [2.24, 2.45) is 0 Å². The van der Waals surface area contributed by atoms with E-state index in [9.17, 15) is 17.6 Å². The highest BCUT2D eigenvalue weighted by Gasteiger charge is 2.35. The van der Waals surface area contributed by atoms with Gasteiger partial charge in [-0.25, -0.2) is 4.39 Å². The number of hydrogen-bond acceptors (Lipinski definition) is 0. The van der Waals surface area contributed by atoms with Gasteiger partial charge in [0.25, 0.3) is 0 Å². The largest absolute Gasteiger partial charge is 0.416 e. The van der Waals surface area contributed by atoms with Crippen molar-refractivity contribution >= 4 is 0 Å². The van der Waals surface area contributed by atoms with Gasteiger partial charge in [0.05, 0.1) is 12.0 Å². The van der Waals surface area contributed by atoms with Crippen LogP contribution in [0.3, 0.4) is 0 Å². The molecule has 1 aromatic rings. The van der Waals surface area contributed by atoms with Gasteiger partial charge in [0.15, 0.2) is 0 Å². The molecule has 1 aliphatic carbocycles. The first kappa shape index (κ1) is 7.58. The van der Waals surface area contributed by atoms with E-state index in [-0.39, 0.29) is 11.1 Å². The van der Waals surface area contributed by atoms with Crippen molar-refractivity contribution in [3.63, 3.8) is 0 Å². The molecule has 2 rings (SSSR count). The SMILES string of the molecule is Fc1cc(C(F)(F)F)cc2c1[C]2. The number of halogens is 4. The smallest absolute Gasteiger partial charge is 0.207 e. The first-order chi connectivity index (χ1) is 5.48. The van der Waals surface area contributed by atoms with E-state index in [1.807, 2.05) is 0 Å². The van der Waals surface area contributed by atoms with Gasteiger partial charge in [-0.3, -0.25) is 0 Å². The molecule has 0 N–H and O–H groups in total. The number of fused-ring (bicyclic) bond motifs is 1. The van der Waals surface area contributed by atoms with Crippen LogP contribution in [0.1, 0.15) is 16.7 Å². The molecule has 0 saturated heterocycles. The summed E-state index contributed by atoms with van der Waals surface area (Å²) in [6.45, 7) is 0. The van der Waals surface area contributed by atoms with Gasteiger partial charge in [0.2, 0.25) is 0 Å². The maximum Gasteiger partial charge on any atom is 0.416 e. The third-order valence-electron chi connectivity index (χ3n) is 1.61. The van der Waals surface area contributed by atoms with Crippen LogP contribution in [0.5, 0.6) is 0 Å². The van der Waals surface area contributed by atoms with Crippen molar-refractivity contribution in [2.75, 3.05) is 0 Å². The molecule has 0 aliphatic heterocycles. The van der Waals surface area contributed by atoms with Crippen LogP contribution in [0.2, 0.25) is 0 Å². The summed E-state index contributed by atoms with van der Waals surface area (Å²) >= 11 is 0. The van der Waals surface area contributed by atoms with E-state index in [2.05, 4.69) is 6.42 Å². The van der Waals surface area contributed by atoms with Gasteiger partial charge in [-0.2, -0.15) is 13.2 Å². The van der Waals surface area contributed by atoms with Gasteiger partial charge in [0.1, 0.15) is 5.82 Å². The molecular formula is C8H2F4. The molecule has 0 fully saturated rings.